The maximum atomic E-state index is 11.2. The average molecular weight is 276 g/mol. The van der Waals surface area contributed by atoms with Gasteiger partial charge in [0.25, 0.3) is 0 Å². The van der Waals surface area contributed by atoms with Gasteiger partial charge >= 0.3 is 0 Å². The van der Waals surface area contributed by atoms with E-state index in [4.69, 9.17) is 4.74 Å². The highest BCUT2D eigenvalue weighted by atomic mass is 16.5. The minimum atomic E-state index is 0.140. The van der Waals surface area contributed by atoms with Crippen LogP contribution in [0.15, 0.2) is 24.3 Å². The zero-order valence-electron chi connectivity index (χ0n) is 11.7. The van der Waals surface area contributed by atoms with Crippen LogP contribution in [-0.2, 0) is 4.79 Å². The third-order valence-electron chi connectivity index (χ3n) is 3.53. The number of hydrogen-bond donors (Lipinski definition) is 0. The molecule has 1 aliphatic rings. The lowest BCUT2D eigenvalue weighted by atomic mass is 10.2. The Kier molecular flexibility index (Phi) is 5.12. The fourth-order valence-corrected chi connectivity index (χ4v) is 2.28. The van der Waals surface area contributed by atoms with Crippen molar-refractivity contribution >= 4 is 12.2 Å². The van der Waals surface area contributed by atoms with E-state index in [-0.39, 0.29) is 5.91 Å². The van der Waals surface area contributed by atoms with Crippen molar-refractivity contribution in [1.82, 2.24) is 9.80 Å². The van der Waals surface area contributed by atoms with Crippen molar-refractivity contribution in [2.75, 3.05) is 39.3 Å². The van der Waals surface area contributed by atoms with Crippen molar-refractivity contribution in [2.45, 2.75) is 6.92 Å². The van der Waals surface area contributed by atoms with Gasteiger partial charge in [0, 0.05) is 39.6 Å². The second-order valence-corrected chi connectivity index (χ2v) is 4.85. The smallest absolute Gasteiger partial charge is 0.219 e. The number of para-hydroxylation sites is 1. The quantitative estimate of drug-likeness (QED) is 0.754. The van der Waals surface area contributed by atoms with E-state index >= 15 is 0 Å². The van der Waals surface area contributed by atoms with Gasteiger partial charge in [0.1, 0.15) is 12.4 Å². The molecule has 1 aromatic carbocycles. The number of carbonyl (C=O) groups excluding carboxylic acids is 2. The molecule has 0 saturated carbocycles. The van der Waals surface area contributed by atoms with Crippen LogP contribution < -0.4 is 4.74 Å². The van der Waals surface area contributed by atoms with Gasteiger partial charge in [0.05, 0.1) is 5.56 Å². The third-order valence-corrected chi connectivity index (χ3v) is 3.53. The topological polar surface area (TPSA) is 49.9 Å². The molecule has 108 valence electrons. The van der Waals surface area contributed by atoms with E-state index in [1.165, 1.54) is 0 Å². The van der Waals surface area contributed by atoms with Gasteiger partial charge in [-0.05, 0) is 12.1 Å². The number of aldehydes is 1. The van der Waals surface area contributed by atoms with E-state index in [2.05, 4.69) is 4.90 Å². The molecule has 1 aliphatic heterocycles. The van der Waals surface area contributed by atoms with Crippen molar-refractivity contribution in [1.29, 1.82) is 0 Å². The number of piperazine rings is 1. The maximum absolute atomic E-state index is 11.2. The van der Waals surface area contributed by atoms with Crippen LogP contribution in [0.1, 0.15) is 17.3 Å². The Morgan fingerprint density at radius 1 is 1.25 bits per heavy atom. The third kappa shape index (κ3) is 3.81. The molecule has 1 amide bonds. The molecule has 0 aliphatic carbocycles. The van der Waals surface area contributed by atoms with Gasteiger partial charge in [-0.15, -0.1) is 0 Å². The zero-order chi connectivity index (χ0) is 14.4. The summed E-state index contributed by atoms with van der Waals surface area (Å²) in [5.41, 5.74) is 0.578. The Labute approximate surface area is 119 Å². The number of benzene rings is 1. The first-order chi connectivity index (χ1) is 9.70. The van der Waals surface area contributed by atoms with Crippen LogP contribution in [0.2, 0.25) is 0 Å². The minimum absolute atomic E-state index is 0.140. The Morgan fingerprint density at radius 3 is 2.60 bits per heavy atom. The second kappa shape index (κ2) is 7.05. The molecule has 1 fully saturated rings. The van der Waals surface area contributed by atoms with Gasteiger partial charge in [-0.1, -0.05) is 12.1 Å². The summed E-state index contributed by atoms with van der Waals surface area (Å²) in [5.74, 6) is 0.769. The minimum Gasteiger partial charge on any atom is -0.492 e. The van der Waals surface area contributed by atoms with Crippen molar-refractivity contribution in [3.8, 4) is 5.75 Å². The van der Waals surface area contributed by atoms with Gasteiger partial charge in [0.15, 0.2) is 6.29 Å². The predicted molar refractivity (Wildman–Crippen MR) is 76.0 cm³/mol. The molecule has 0 aromatic heterocycles. The lowest BCUT2D eigenvalue weighted by Crippen LogP contribution is -2.48. The Morgan fingerprint density at radius 2 is 1.95 bits per heavy atom. The summed E-state index contributed by atoms with van der Waals surface area (Å²) in [5, 5.41) is 0. The molecule has 0 atom stereocenters. The van der Waals surface area contributed by atoms with Crippen LogP contribution >= 0.6 is 0 Å². The highest BCUT2D eigenvalue weighted by Crippen LogP contribution is 2.15. The largest absolute Gasteiger partial charge is 0.492 e. The molecule has 2 rings (SSSR count). The number of nitrogens with zero attached hydrogens (tertiary/aromatic N) is 2. The predicted octanol–water partition coefficient (Wildman–Crippen LogP) is 1.04. The zero-order valence-corrected chi connectivity index (χ0v) is 11.7. The van der Waals surface area contributed by atoms with E-state index in [9.17, 15) is 9.59 Å². The normalized spacial score (nSPS) is 15.9. The molecular formula is C15H20N2O3. The fraction of sp³-hybridized carbons (Fsp3) is 0.467. The van der Waals surface area contributed by atoms with Crippen LogP contribution in [0.4, 0.5) is 0 Å². The first kappa shape index (κ1) is 14.5. The molecule has 1 saturated heterocycles. The SMILES string of the molecule is CC(=O)N1CCN(CCOc2ccccc2C=O)CC1. The summed E-state index contributed by atoms with van der Waals surface area (Å²) in [6.45, 7) is 6.26. The standard InChI is InChI=1S/C15H20N2O3/c1-13(19)17-8-6-16(7-9-17)10-11-20-15-5-3-2-4-14(15)12-18/h2-5,12H,6-11H2,1H3. The molecule has 0 radical (unpaired) electrons. The Balaban J connectivity index is 1.74. The van der Waals surface area contributed by atoms with Crippen molar-refractivity contribution in [3.05, 3.63) is 29.8 Å². The molecule has 5 nitrogen and oxygen atoms in total. The van der Waals surface area contributed by atoms with Crippen LogP contribution in [0.5, 0.6) is 5.75 Å². The molecule has 1 heterocycles. The van der Waals surface area contributed by atoms with Crippen LogP contribution in [0, 0.1) is 0 Å². The summed E-state index contributed by atoms with van der Waals surface area (Å²) in [7, 11) is 0. The molecule has 0 N–H and O–H groups in total. The summed E-state index contributed by atoms with van der Waals surface area (Å²) in [6, 6.07) is 7.22. The first-order valence-corrected chi connectivity index (χ1v) is 6.85. The van der Waals surface area contributed by atoms with Crippen LogP contribution in [-0.4, -0.2) is 61.3 Å². The van der Waals surface area contributed by atoms with Crippen LogP contribution in [0.3, 0.4) is 0 Å². The van der Waals surface area contributed by atoms with Crippen LogP contribution in [0.25, 0.3) is 0 Å². The monoisotopic (exact) mass is 276 g/mol. The highest BCUT2D eigenvalue weighted by molar-refractivity contribution is 5.79. The first-order valence-electron chi connectivity index (χ1n) is 6.85. The molecule has 1 aromatic rings. The maximum Gasteiger partial charge on any atom is 0.219 e. The lowest BCUT2D eigenvalue weighted by Gasteiger charge is -2.34. The molecule has 0 spiro atoms. The second-order valence-electron chi connectivity index (χ2n) is 4.85. The number of hydrogen-bond acceptors (Lipinski definition) is 4. The van der Waals surface area contributed by atoms with Gasteiger partial charge < -0.3 is 9.64 Å². The van der Waals surface area contributed by atoms with E-state index in [0.29, 0.717) is 17.9 Å². The van der Waals surface area contributed by atoms with Gasteiger partial charge in [-0.3, -0.25) is 14.5 Å². The number of ether oxygens (including phenoxy) is 1. The highest BCUT2D eigenvalue weighted by Gasteiger charge is 2.18. The molecule has 0 bridgehead atoms. The van der Waals surface area contributed by atoms with E-state index < -0.39 is 0 Å². The summed E-state index contributed by atoms with van der Waals surface area (Å²) in [6.07, 6.45) is 0.807. The van der Waals surface area contributed by atoms with E-state index in [1.807, 2.05) is 17.0 Å². The van der Waals surface area contributed by atoms with Crippen molar-refractivity contribution in [2.24, 2.45) is 0 Å². The average Bonchev–Trinajstić information content (AvgIpc) is 2.48. The number of rotatable bonds is 5. The Bertz CT molecular complexity index is 468. The van der Waals surface area contributed by atoms with E-state index in [1.54, 1.807) is 19.1 Å². The molecule has 0 unspecified atom stereocenters. The van der Waals surface area contributed by atoms with Gasteiger partial charge in [0.2, 0.25) is 5.91 Å². The fourth-order valence-electron chi connectivity index (χ4n) is 2.28. The van der Waals surface area contributed by atoms with Crippen molar-refractivity contribution < 1.29 is 14.3 Å². The van der Waals surface area contributed by atoms with Crippen molar-refractivity contribution in [3.63, 3.8) is 0 Å². The summed E-state index contributed by atoms with van der Waals surface area (Å²) < 4.78 is 5.65. The molecule has 5 heteroatoms. The molecule has 20 heavy (non-hydrogen) atoms. The van der Waals surface area contributed by atoms with Gasteiger partial charge in [-0.25, -0.2) is 0 Å². The lowest BCUT2D eigenvalue weighted by molar-refractivity contribution is -0.130. The molecular weight excluding hydrogens is 256 g/mol. The number of carbonyl (C=O) groups is 2. The Hall–Kier alpha value is -1.88. The number of amides is 1. The summed E-state index contributed by atoms with van der Waals surface area (Å²) in [4.78, 5) is 26.2. The van der Waals surface area contributed by atoms with E-state index in [0.717, 1.165) is 39.0 Å². The van der Waals surface area contributed by atoms with Gasteiger partial charge in [-0.2, -0.15) is 0 Å². The summed E-state index contributed by atoms with van der Waals surface area (Å²) >= 11 is 0.